The Morgan fingerprint density at radius 3 is 2.31 bits per heavy atom. The summed E-state index contributed by atoms with van der Waals surface area (Å²) in [7, 11) is 0. The molecular formula is C9H13N3O4. The summed E-state index contributed by atoms with van der Waals surface area (Å²) >= 11 is 0. The van der Waals surface area contributed by atoms with Gasteiger partial charge in [0.25, 0.3) is 0 Å². The maximum Gasteiger partial charge on any atom is 0.358 e. The molecule has 0 fully saturated rings. The molecule has 0 aromatic carbocycles. The number of aromatic carboxylic acids is 1. The van der Waals surface area contributed by atoms with Gasteiger partial charge in [0.2, 0.25) is 0 Å². The lowest BCUT2D eigenvalue weighted by atomic mass is 10.1. The molecule has 0 spiro atoms. The minimum Gasteiger partial charge on any atom is -0.479 e. The van der Waals surface area contributed by atoms with E-state index in [1.807, 2.05) is 0 Å². The van der Waals surface area contributed by atoms with Crippen molar-refractivity contribution in [3.8, 4) is 0 Å². The van der Waals surface area contributed by atoms with Crippen molar-refractivity contribution in [2.24, 2.45) is 0 Å². The molecule has 7 heteroatoms. The zero-order valence-electron chi connectivity index (χ0n) is 9.26. The number of aromatic nitrogens is 3. The summed E-state index contributed by atoms with van der Waals surface area (Å²) in [6.07, 6.45) is 0.353. The van der Waals surface area contributed by atoms with Crippen molar-refractivity contribution in [3.05, 3.63) is 11.4 Å². The van der Waals surface area contributed by atoms with Gasteiger partial charge in [0.05, 0.1) is 5.69 Å². The fraction of sp³-hybridized carbons (Fsp3) is 0.556. The van der Waals surface area contributed by atoms with Gasteiger partial charge >= 0.3 is 11.9 Å². The lowest BCUT2D eigenvalue weighted by Crippen LogP contribution is -2.37. The lowest BCUT2D eigenvalue weighted by Gasteiger charge is -2.21. The molecule has 1 aromatic heterocycles. The van der Waals surface area contributed by atoms with E-state index in [0.29, 0.717) is 12.1 Å². The Morgan fingerprint density at radius 1 is 1.38 bits per heavy atom. The third-order valence-corrected chi connectivity index (χ3v) is 2.35. The highest BCUT2D eigenvalue weighted by atomic mass is 16.4. The molecule has 0 saturated heterocycles. The smallest absolute Gasteiger partial charge is 0.358 e. The number of hydrogen-bond donors (Lipinski definition) is 2. The minimum atomic E-state index is -1.31. The Bertz CT molecular complexity index is 436. The van der Waals surface area contributed by atoms with Gasteiger partial charge < -0.3 is 10.2 Å². The molecule has 0 amide bonds. The fourth-order valence-electron chi connectivity index (χ4n) is 1.32. The van der Waals surface area contributed by atoms with E-state index in [1.165, 1.54) is 13.8 Å². The predicted octanol–water partition coefficient (Wildman–Crippen LogP) is 0.358. The van der Waals surface area contributed by atoms with Crippen molar-refractivity contribution >= 4 is 11.9 Å². The number of hydrogen-bond acceptors (Lipinski definition) is 4. The molecule has 0 aliphatic heterocycles. The second-order valence-corrected chi connectivity index (χ2v) is 3.82. The molecule has 7 nitrogen and oxygen atoms in total. The first-order valence-electron chi connectivity index (χ1n) is 4.74. The maximum absolute atomic E-state index is 11.0. The van der Waals surface area contributed by atoms with Gasteiger partial charge in [-0.3, -0.25) is 0 Å². The van der Waals surface area contributed by atoms with Crippen molar-refractivity contribution in [3.63, 3.8) is 0 Å². The van der Waals surface area contributed by atoms with Crippen LogP contribution in [-0.2, 0) is 16.8 Å². The normalized spacial score (nSPS) is 11.4. The standard InChI is InChI=1S/C9H13N3O4/c1-4-5-6(7(13)14)10-11-12(5)9(2,3)8(15)16/h4H2,1-3H3,(H,13,14)(H,15,16). The first-order chi connectivity index (χ1) is 7.32. The third-order valence-electron chi connectivity index (χ3n) is 2.35. The van der Waals surface area contributed by atoms with Crippen LogP contribution in [0.15, 0.2) is 0 Å². The molecule has 0 atom stereocenters. The highest BCUT2D eigenvalue weighted by Gasteiger charge is 2.34. The second-order valence-electron chi connectivity index (χ2n) is 3.82. The monoisotopic (exact) mass is 227 g/mol. The molecule has 0 aliphatic rings. The minimum absolute atomic E-state index is 0.197. The van der Waals surface area contributed by atoms with Gasteiger partial charge in [-0.1, -0.05) is 12.1 Å². The molecule has 2 N–H and O–H groups in total. The van der Waals surface area contributed by atoms with Crippen LogP contribution in [0.4, 0.5) is 0 Å². The van der Waals surface area contributed by atoms with Crippen molar-refractivity contribution < 1.29 is 19.8 Å². The van der Waals surface area contributed by atoms with Crippen LogP contribution in [0.25, 0.3) is 0 Å². The average molecular weight is 227 g/mol. The van der Waals surface area contributed by atoms with Crippen molar-refractivity contribution in [1.82, 2.24) is 15.0 Å². The SMILES string of the molecule is CCc1c(C(=O)O)nnn1C(C)(C)C(=O)O. The van der Waals surface area contributed by atoms with E-state index in [4.69, 9.17) is 10.2 Å². The first-order valence-corrected chi connectivity index (χ1v) is 4.74. The van der Waals surface area contributed by atoms with Crippen LogP contribution in [0.1, 0.15) is 37.0 Å². The number of aliphatic carboxylic acids is 1. The van der Waals surface area contributed by atoms with E-state index < -0.39 is 17.5 Å². The molecule has 0 saturated carbocycles. The number of carbonyl (C=O) groups is 2. The molecule has 1 heterocycles. The summed E-state index contributed by atoms with van der Waals surface area (Å²) < 4.78 is 1.14. The largest absolute Gasteiger partial charge is 0.479 e. The molecule has 0 bridgehead atoms. The van der Waals surface area contributed by atoms with Gasteiger partial charge in [-0.25, -0.2) is 14.3 Å². The Morgan fingerprint density at radius 2 is 1.94 bits per heavy atom. The topological polar surface area (TPSA) is 105 Å². The summed E-state index contributed by atoms with van der Waals surface area (Å²) in [5.74, 6) is -2.30. The molecule has 88 valence electrons. The third kappa shape index (κ3) is 1.75. The highest BCUT2D eigenvalue weighted by molar-refractivity contribution is 5.86. The van der Waals surface area contributed by atoms with Gasteiger partial charge in [-0.2, -0.15) is 0 Å². The molecule has 1 rings (SSSR count). The second kappa shape index (κ2) is 3.92. The maximum atomic E-state index is 11.0. The zero-order chi connectivity index (χ0) is 12.5. The van der Waals surface area contributed by atoms with Gasteiger partial charge in [0.15, 0.2) is 11.2 Å². The van der Waals surface area contributed by atoms with E-state index in [0.717, 1.165) is 4.68 Å². The summed E-state index contributed by atoms with van der Waals surface area (Å²) in [5, 5.41) is 25.0. The highest BCUT2D eigenvalue weighted by Crippen LogP contribution is 2.19. The van der Waals surface area contributed by atoms with Gasteiger partial charge in [0.1, 0.15) is 0 Å². The van der Waals surface area contributed by atoms with Crippen LogP contribution in [0.3, 0.4) is 0 Å². The van der Waals surface area contributed by atoms with Crippen molar-refractivity contribution in [2.45, 2.75) is 32.7 Å². The Labute approximate surface area is 91.7 Å². The molecule has 16 heavy (non-hydrogen) atoms. The van der Waals surface area contributed by atoms with E-state index in [2.05, 4.69) is 10.3 Å². The fourth-order valence-corrected chi connectivity index (χ4v) is 1.32. The number of rotatable bonds is 4. The quantitative estimate of drug-likeness (QED) is 0.769. The zero-order valence-corrected chi connectivity index (χ0v) is 9.26. The molecular weight excluding hydrogens is 214 g/mol. The van der Waals surface area contributed by atoms with Crippen LogP contribution < -0.4 is 0 Å². The van der Waals surface area contributed by atoms with Gasteiger partial charge in [0, 0.05) is 0 Å². The van der Waals surface area contributed by atoms with Crippen LogP contribution in [-0.4, -0.2) is 37.1 Å². The van der Waals surface area contributed by atoms with E-state index in [1.54, 1.807) is 6.92 Å². The molecule has 1 aromatic rings. The summed E-state index contributed by atoms with van der Waals surface area (Å²) in [5.41, 5.74) is -1.21. The molecule has 0 unspecified atom stereocenters. The lowest BCUT2D eigenvalue weighted by molar-refractivity contribution is -0.146. The Kier molecular flexibility index (Phi) is 2.97. The summed E-state index contributed by atoms with van der Waals surface area (Å²) in [6, 6.07) is 0. The van der Waals surface area contributed by atoms with Crippen LogP contribution >= 0.6 is 0 Å². The van der Waals surface area contributed by atoms with Crippen LogP contribution in [0, 0.1) is 0 Å². The summed E-state index contributed by atoms with van der Waals surface area (Å²) in [6.45, 7) is 4.60. The van der Waals surface area contributed by atoms with E-state index in [9.17, 15) is 9.59 Å². The van der Waals surface area contributed by atoms with Gasteiger partial charge in [-0.05, 0) is 20.3 Å². The van der Waals surface area contributed by atoms with E-state index >= 15 is 0 Å². The Balaban J connectivity index is 3.36. The number of nitrogens with zero attached hydrogens (tertiary/aromatic N) is 3. The van der Waals surface area contributed by atoms with Crippen molar-refractivity contribution in [1.29, 1.82) is 0 Å². The van der Waals surface area contributed by atoms with Crippen LogP contribution in [0.5, 0.6) is 0 Å². The molecule has 0 aliphatic carbocycles. The average Bonchev–Trinajstić information content (AvgIpc) is 2.60. The van der Waals surface area contributed by atoms with Crippen LogP contribution in [0.2, 0.25) is 0 Å². The number of carboxylic acids is 2. The van der Waals surface area contributed by atoms with Gasteiger partial charge in [-0.15, -0.1) is 5.10 Å². The Hall–Kier alpha value is -1.92. The molecule has 0 radical (unpaired) electrons. The van der Waals surface area contributed by atoms with E-state index in [-0.39, 0.29) is 5.69 Å². The first kappa shape index (κ1) is 12.2. The predicted molar refractivity (Wildman–Crippen MR) is 53.3 cm³/mol. The summed E-state index contributed by atoms with van der Waals surface area (Å²) in [4.78, 5) is 21.9. The van der Waals surface area contributed by atoms with Crippen molar-refractivity contribution in [2.75, 3.05) is 0 Å². The number of carboxylic acid groups (broad SMARTS) is 2.